The standard InChI is InChI=1S/C21H24ClN3O3/c1-27-19-13-16(12-18(22)21(19)28-2)5-6-20(26)25-10-8-24(9-11-25)15-17-4-3-7-23-14-17/h3-7,12-14H,8-11,15H2,1-2H3/b6-5+. The number of methoxy groups -OCH3 is 2. The fourth-order valence-electron chi connectivity index (χ4n) is 3.18. The molecule has 0 aliphatic carbocycles. The van der Waals surface area contributed by atoms with Gasteiger partial charge >= 0.3 is 0 Å². The summed E-state index contributed by atoms with van der Waals surface area (Å²) in [5, 5.41) is 0.443. The predicted molar refractivity (Wildman–Crippen MR) is 110 cm³/mol. The van der Waals surface area contributed by atoms with Gasteiger partial charge in [0, 0.05) is 51.2 Å². The molecular formula is C21H24ClN3O3. The second kappa shape index (κ2) is 9.57. The third-order valence-electron chi connectivity index (χ3n) is 4.69. The highest BCUT2D eigenvalue weighted by atomic mass is 35.5. The van der Waals surface area contributed by atoms with Crippen molar-refractivity contribution in [2.45, 2.75) is 6.54 Å². The maximum Gasteiger partial charge on any atom is 0.246 e. The lowest BCUT2D eigenvalue weighted by atomic mass is 10.1. The van der Waals surface area contributed by atoms with Crippen molar-refractivity contribution in [2.75, 3.05) is 40.4 Å². The molecule has 2 heterocycles. The Morgan fingerprint density at radius 2 is 2.00 bits per heavy atom. The highest BCUT2D eigenvalue weighted by molar-refractivity contribution is 6.32. The van der Waals surface area contributed by atoms with Gasteiger partial charge in [0.05, 0.1) is 19.2 Å². The molecule has 148 valence electrons. The molecule has 1 aliphatic rings. The largest absolute Gasteiger partial charge is 0.493 e. The van der Waals surface area contributed by atoms with Crippen molar-refractivity contribution in [1.82, 2.24) is 14.8 Å². The fourth-order valence-corrected chi connectivity index (χ4v) is 3.48. The molecule has 0 atom stereocenters. The number of hydrogen-bond donors (Lipinski definition) is 0. The lowest BCUT2D eigenvalue weighted by Gasteiger charge is -2.34. The smallest absolute Gasteiger partial charge is 0.246 e. The van der Waals surface area contributed by atoms with E-state index in [9.17, 15) is 4.79 Å². The molecule has 1 aromatic carbocycles. The molecule has 1 saturated heterocycles. The Bertz CT molecular complexity index is 834. The molecule has 1 aliphatic heterocycles. The average Bonchev–Trinajstić information content (AvgIpc) is 2.72. The molecule has 7 heteroatoms. The second-order valence-electron chi connectivity index (χ2n) is 6.53. The summed E-state index contributed by atoms with van der Waals surface area (Å²) in [4.78, 5) is 20.9. The number of aromatic nitrogens is 1. The Labute approximate surface area is 170 Å². The molecule has 1 fully saturated rings. The molecule has 0 unspecified atom stereocenters. The van der Waals surface area contributed by atoms with E-state index in [0.717, 1.165) is 25.2 Å². The summed E-state index contributed by atoms with van der Waals surface area (Å²) in [7, 11) is 3.09. The minimum atomic E-state index is -0.00747. The van der Waals surface area contributed by atoms with Crippen molar-refractivity contribution < 1.29 is 14.3 Å². The second-order valence-corrected chi connectivity index (χ2v) is 6.94. The van der Waals surface area contributed by atoms with Crippen LogP contribution in [0, 0.1) is 0 Å². The first-order valence-electron chi connectivity index (χ1n) is 9.10. The summed E-state index contributed by atoms with van der Waals surface area (Å²) in [5.41, 5.74) is 1.97. The van der Waals surface area contributed by atoms with Crippen LogP contribution in [0.3, 0.4) is 0 Å². The van der Waals surface area contributed by atoms with E-state index in [1.807, 2.05) is 17.2 Å². The molecule has 28 heavy (non-hydrogen) atoms. The van der Waals surface area contributed by atoms with Gasteiger partial charge in [-0.3, -0.25) is 14.7 Å². The van der Waals surface area contributed by atoms with Gasteiger partial charge in [0.1, 0.15) is 0 Å². The van der Waals surface area contributed by atoms with E-state index in [1.165, 1.54) is 12.7 Å². The van der Waals surface area contributed by atoms with E-state index >= 15 is 0 Å². The third kappa shape index (κ3) is 5.03. The summed E-state index contributed by atoms with van der Waals surface area (Å²) in [5.74, 6) is 1.01. The van der Waals surface area contributed by atoms with E-state index < -0.39 is 0 Å². The van der Waals surface area contributed by atoms with Crippen molar-refractivity contribution in [3.8, 4) is 11.5 Å². The number of benzene rings is 1. The van der Waals surface area contributed by atoms with Gasteiger partial charge in [0.15, 0.2) is 11.5 Å². The van der Waals surface area contributed by atoms with E-state index in [4.69, 9.17) is 21.1 Å². The molecule has 1 amide bonds. The zero-order valence-corrected chi connectivity index (χ0v) is 16.9. The van der Waals surface area contributed by atoms with E-state index in [1.54, 1.807) is 37.6 Å². The Hall–Kier alpha value is -2.57. The lowest BCUT2D eigenvalue weighted by Crippen LogP contribution is -2.47. The average molecular weight is 402 g/mol. The molecule has 0 saturated carbocycles. The molecule has 0 spiro atoms. The van der Waals surface area contributed by atoms with Crippen molar-refractivity contribution in [3.63, 3.8) is 0 Å². The maximum atomic E-state index is 12.5. The van der Waals surface area contributed by atoms with Crippen LogP contribution in [0.25, 0.3) is 6.08 Å². The number of carbonyl (C=O) groups excluding carboxylic acids is 1. The van der Waals surface area contributed by atoms with Gasteiger partial charge in [0.2, 0.25) is 5.91 Å². The van der Waals surface area contributed by atoms with Crippen LogP contribution in [0.15, 0.2) is 42.7 Å². The summed E-state index contributed by atoms with van der Waals surface area (Å²) in [6.07, 6.45) is 6.99. The minimum absolute atomic E-state index is 0.00747. The number of nitrogens with zero attached hydrogens (tertiary/aromatic N) is 3. The highest BCUT2D eigenvalue weighted by Crippen LogP contribution is 2.36. The zero-order valence-electron chi connectivity index (χ0n) is 16.1. The first-order chi connectivity index (χ1) is 13.6. The number of piperazine rings is 1. The van der Waals surface area contributed by atoms with Gasteiger partial charge < -0.3 is 14.4 Å². The topological polar surface area (TPSA) is 54.9 Å². The van der Waals surface area contributed by atoms with Crippen LogP contribution in [0.4, 0.5) is 0 Å². The molecule has 0 N–H and O–H groups in total. The Morgan fingerprint density at radius 3 is 2.64 bits per heavy atom. The molecule has 6 nitrogen and oxygen atoms in total. The molecule has 0 radical (unpaired) electrons. The van der Waals surface area contributed by atoms with E-state index in [2.05, 4.69) is 16.0 Å². The number of ether oxygens (including phenoxy) is 2. The normalized spacial score (nSPS) is 15.0. The van der Waals surface area contributed by atoms with Gasteiger partial charge in [-0.05, 0) is 35.4 Å². The number of pyridine rings is 1. The van der Waals surface area contributed by atoms with Crippen molar-refractivity contribution in [2.24, 2.45) is 0 Å². The van der Waals surface area contributed by atoms with Gasteiger partial charge in [-0.25, -0.2) is 0 Å². The summed E-state index contributed by atoms with van der Waals surface area (Å²) >= 11 is 6.22. The zero-order chi connectivity index (χ0) is 19.9. The summed E-state index contributed by atoms with van der Waals surface area (Å²) < 4.78 is 10.5. The Morgan fingerprint density at radius 1 is 1.21 bits per heavy atom. The molecular weight excluding hydrogens is 378 g/mol. The molecule has 3 rings (SSSR count). The minimum Gasteiger partial charge on any atom is -0.493 e. The van der Waals surface area contributed by atoms with Crippen molar-refractivity contribution in [3.05, 3.63) is 58.9 Å². The highest BCUT2D eigenvalue weighted by Gasteiger charge is 2.19. The number of hydrogen-bond acceptors (Lipinski definition) is 5. The predicted octanol–water partition coefficient (Wildman–Crippen LogP) is 3.11. The molecule has 0 bridgehead atoms. The Balaban J connectivity index is 1.56. The first kappa shape index (κ1) is 20.2. The van der Waals surface area contributed by atoms with E-state index in [-0.39, 0.29) is 5.91 Å². The quantitative estimate of drug-likeness (QED) is 0.696. The van der Waals surface area contributed by atoms with Crippen LogP contribution < -0.4 is 9.47 Å². The van der Waals surface area contributed by atoms with Gasteiger partial charge in [0.25, 0.3) is 0 Å². The van der Waals surface area contributed by atoms with Crippen molar-refractivity contribution >= 4 is 23.6 Å². The monoisotopic (exact) mass is 401 g/mol. The summed E-state index contributed by atoms with van der Waals surface area (Å²) in [6.45, 7) is 3.95. The van der Waals surface area contributed by atoms with Gasteiger partial charge in [-0.2, -0.15) is 0 Å². The number of rotatable bonds is 6. The van der Waals surface area contributed by atoms with Crippen LogP contribution >= 0.6 is 11.6 Å². The maximum absolute atomic E-state index is 12.5. The molecule has 1 aromatic heterocycles. The van der Waals surface area contributed by atoms with Gasteiger partial charge in [-0.1, -0.05) is 17.7 Å². The van der Waals surface area contributed by atoms with Crippen LogP contribution in [-0.2, 0) is 11.3 Å². The van der Waals surface area contributed by atoms with Crippen LogP contribution in [-0.4, -0.2) is 61.1 Å². The van der Waals surface area contributed by atoms with Gasteiger partial charge in [-0.15, -0.1) is 0 Å². The van der Waals surface area contributed by atoms with Crippen LogP contribution in [0.2, 0.25) is 5.02 Å². The lowest BCUT2D eigenvalue weighted by molar-refractivity contribution is -0.127. The molecule has 2 aromatic rings. The summed E-state index contributed by atoms with van der Waals surface area (Å²) in [6, 6.07) is 7.56. The first-order valence-corrected chi connectivity index (χ1v) is 9.48. The van der Waals surface area contributed by atoms with Crippen LogP contribution in [0.1, 0.15) is 11.1 Å². The number of amides is 1. The fraction of sp³-hybridized carbons (Fsp3) is 0.333. The number of carbonyl (C=O) groups is 1. The SMILES string of the molecule is COc1cc(/C=C/C(=O)N2CCN(Cc3cccnc3)CC2)cc(Cl)c1OC. The van der Waals surface area contributed by atoms with E-state index in [0.29, 0.717) is 29.6 Å². The Kier molecular flexibility index (Phi) is 6.90. The van der Waals surface area contributed by atoms with Crippen molar-refractivity contribution in [1.29, 1.82) is 0 Å². The number of halogens is 1. The van der Waals surface area contributed by atoms with Crippen LogP contribution in [0.5, 0.6) is 11.5 Å². The third-order valence-corrected chi connectivity index (χ3v) is 4.97.